The third kappa shape index (κ3) is 4.37. The van der Waals surface area contributed by atoms with Crippen molar-refractivity contribution in [1.29, 1.82) is 0 Å². The second kappa shape index (κ2) is 4.32. The van der Waals surface area contributed by atoms with Gasteiger partial charge in [0.1, 0.15) is 0 Å². The molecule has 2 nitrogen and oxygen atoms in total. The second-order valence-electron chi connectivity index (χ2n) is 2.51. The van der Waals surface area contributed by atoms with Gasteiger partial charge in [-0.25, -0.2) is 0 Å². The highest BCUT2D eigenvalue weighted by molar-refractivity contribution is 5.01. The average Bonchev–Trinajstić information content (AvgIpc) is 1.89. The summed E-state index contributed by atoms with van der Waals surface area (Å²) in [5.74, 6) is 5.18. The molecule has 10 heavy (non-hydrogen) atoms. The van der Waals surface area contributed by atoms with Crippen molar-refractivity contribution in [3.05, 3.63) is 6.92 Å². The minimum atomic E-state index is -0.982. The lowest BCUT2D eigenvalue weighted by atomic mass is 10.0. The summed E-state index contributed by atoms with van der Waals surface area (Å²) in [6.07, 6.45) is 1.07. The molecular weight excluding hydrogens is 128 g/mol. The molecule has 2 heteroatoms. The summed E-state index contributed by atoms with van der Waals surface area (Å²) in [6.45, 7) is 4.69. The molecule has 0 aromatic rings. The fourth-order valence-electron chi connectivity index (χ4n) is 0.499. The van der Waals surface area contributed by atoms with Crippen LogP contribution in [-0.4, -0.2) is 22.4 Å². The first-order valence-electron chi connectivity index (χ1n) is 3.20. The predicted molar refractivity (Wildman–Crippen MR) is 40.1 cm³/mol. The molecule has 0 aliphatic carbocycles. The smallest absolute Gasteiger partial charge is 0.0858 e. The SMILES string of the molecule is [CH2]C#CCCC(C)(O)CO. The molecule has 1 radical (unpaired) electrons. The number of hydrogen-bond acceptors (Lipinski definition) is 2. The average molecular weight is 141 g/mol. The van der Waals surface area contributed by atoms with Crippen LogP contribution >= 0.6 is 0 Å². The first kappa shape index (κ1) is 9.48. The van der Waals surface area contributed by atoms with Crippen LogP contribution in [0.15, 0.2) is 0 Å². The molecular formula is C8H13O2. The van der Waals surface area contributed by atoms with Crippen molar-refractivity contribution in [2.24, 2.45) is 0 Å². The third-order valence-corrected chi connectivity index (χ3v) is 1.25. The van der Waals surface area contributed by atoms with Crippen LogP contribution in [-0.2, 0) is 0 Å². The van der Waals surface area contributed by atoms with Crippen molar-refractivity contribution < 1.29 is 10.2 Å². The first-order valence-corrected chi connectivity index (χ1v) is 3.20. The van der Waals surface area contributed by atoms with E-state index in [-0.39, 0.29) is 6.61 Å². The summed E-state index contributed by atoms with van der Waals surface area (Å²) in [5, 5.41) is 17.8. The Balaban J connectivity index is 3.53. The van der Waals surface area contributed by atoms with Gasteiger partial charge < -0.3 is 10.2 Å². The molecule has 0 bridgehead atoms. The fourth-order valence-corrected chi connectivity index (χ4v) is 0.499. The van der Waals surface area contributed by atoms with E-state index in [1.54, 1.807) is 6.92 Å². The molecule has 0 fully saturated rings. The Bertz CT molecular complexity index is 139. The van der Waals surface area contributed by atoms with Crippen LogP contribution in [0.1, 0.15) is 19.8 Å². The van der Waals surface area contributed by atoms with E-state index in [2.05, 4.69) is 18.8 Å². The largest absolute Gasteiger partial charge is 0.393 e. The van der Waals surface area contributed by atoms with Crippen molar-refractivity contribution in [2.75, 3.05) is 6.61 Å². The molecule has 1 unspecified atom stereocenters. The van der Waals surface area contributed by atoms with E-state index in [9.17, 15) is 5.11 Å². The van der Waals surface area contributed by atoms with Crippen molar-refractivity contribution in [1.82, 2.24) is 0 Å². The molecule has 0 aromatic carbocycles. The number of hydrogen-bond donors (Lipinski definition) is 2. The lowest BCUT2D eigenvalue weighted by Crippen LogP contribution is -2.28. The standard InChI is InChI=1S/C8H13O2/c1-3-4-5-6-8(2,10)7-9/h9-10H,1,5-7H2,2H3. The molecule has 2 N–H and O–H groups in total. The quantitative estimate of drug-likeness (QED) is 0.557. The van der Waals surface area contributed by atoms with Gasteiger partial charge in [0.25, 0.3) is 0 Å². The molecule has 0 aliphatic heterocycles. The van der Waals surface area contributed by atoms with E-state index in [0.29, 0.717) is 12.8 Å². The Morgan fingerprint density at radius 3 is 2.60 bits per heavy atom. The van der Waals surface area contributed by atoms with E-state index < -0.39 is 5.60 Å². The van der Waals surface area contributed by atoms with Crippen molar-refractivity contribution >= 4 is 0 Å². The lowest BCUT2D eigenvalue weighted by Gasteiger charge is -2.17. The van der Waals surface area contributed by atoms with Crippen LogP contribution in [0.5, 0.6) is 0 Å². The molecule has 0 aromatic heterocycles. The van der Waals surface area contributed by atoms with E-state index in [4.69, 9.17) is 5.11 Å². The van der Waals surface area contributed by atoms with Gasteiger partial charge in [0.15, 0.2) is 0 Å². The monoisotopic (exact) mass is 141 g/mol. The zero-order valence-electron chi connectivity index (χ0n) is 6.22. The van der Waals surface area contributed by atoms with Gasteiger partial charge in [-0.2, -0.15) is 0 Å². The molecule has 0 rings (SSSR count). The van der Waals surface area contributed by atoms with E-state index in [1.807, 2.05) is 0 Å². The normalized spacial score (nSPS) is 15.2. The summed E-state index contributed by atoms with van der Waals surface area (Å²) < 4.78 is 0. The molecule has 0 aliphatic rings. The van der Waals surface area contributed by atoms with Crippen LogP contribution in [0.4, 0.5) is 0 Å². The molecule has 0 spiro atoms. The van der Waals surface area contributed by atoms with Gasteiger partial charge in [-0.05, 0) is 13.3 Å². The van der Waals surface area contributed by atoms with Crippen LogP contribution in [0, 0.1) is 18.8 Å². The fraction of sp³-hybridized carbons (Fsp3) is 0.625. The van der Waals surface area contributed by atoms with E-state index >= 15 is 0 Å². The molecule has 0 heterocycles. The molecule has 0 saturated heterocycles. The Kier molecular flexibility index (Phi) is 4.10. The zero-order chi connectivity index (χ0) is 8.04. The third-order valence-electron chi connectivity index (χ3n) is 1.25. The Labute approximate surface area is 61.9 Å². The summed E-state index contributed by atoms with van der Waals surface area (Å²) in [7, 11) is 0. The first-order chi connectivity index (χ1) is 4.62. The van der Waals surface area contributed by atoms with Gasteiger partial charge >= 0.3 is 0 Å². The minimum absolute atomic E-state index is 0.216. The van der Waals surface area contributed by atoms with Gasteiger partial charge in [0.2, 0.25) is 0 Å². The zero-order valence-corrected chi connectivity index (χ0v) is 6.22. The van der Waals surface area contributed by atoms with Gasteiger partial charge in [-0.15, -0.1) is 11.8 Å². The molecule has 0 saturated carbocycles. The topological polar surface area (TPSA) is 40.5 Å². The van der Waals surface area contributed by atoms with Crippen molar-refractivity contribution in [3.8, 4) is 11.8 Å². The molecule has 0 amide bonds. The minimum Gasteiger partial charge on any atom is -0.393 e. The second-order valence-corrected chi connectivity index (χ2v) is 2.51. The lowest BCUT2D eigenvalue weighted by molar-refractivity contribution is -0.00380. The maximum atomic E-state index is 9.21. The van der Waals surface area contributed by atoms with E-state index in [0.717, 1.165) is 0 Å². The summed E-state index contributed by atoms with van der Waals surface area (Å²) in [5.41, 5.74) is -0.982. The predicted octanol–water partition coefficient (Wildman–Crippen LogP) is 0.347. The Morgan fingerprint density at radius 2 is 2.20 bits per heavy atom. The van der Waals surface area contributed by atoms with Gasteiger partial charge in [0.05, 0.1) is 12.2 Å². The van der Waals surface area contributed by atoms with Gasteiger partial charge in [0, 0.05) is 13.3 Å². The molecule has 1 atom stereocenters. The van der Waals surface area contributed by atoms with Crippen LogP contribution < -0.4 is 0 Å². The summed E-state index contributed by atoms with van der Waals surface area (Å²) in [6, 6.07) is 0. The van der Waals surface area contributed by atoms with Gasteiger partial charge in [-0.3, -0.25) is 0 Å². The maximum absolute atomic E-state index is 9.21. The highest BCUT2D eigenvalue weighted by Gasteiger charge is 2.16. The Hall–Kier alpha value is -0.520. The van der Waals surface area contributed by atoms with Crippen molar-refractivity contribution in [2.45, 2.75) is 25.4 Å². The van der Waals surface area contributed by atoms with Crippen LogP contribution in [0.25, 0.3) is 0 Å². The van der Waals surface area contributed by atoms with E-state index in [1.165, 1.54) is 0 Å². The van der Waals surface area contributed by atoms with Crippen LogP contribution in [0.3, 0.4) is 0 Å². The molecule has 57 valence electrons. The van der Waals surface area contributed by atoms with Gasteiger partial charge in [-0.1, -0.05) is 0 Å². The summed E-state index contributed by atoms with van der Waals surface area (Å²) >= 11 is 0. The summed E-state index contributed by atoms with van der Waals surface area (Å²) in [4.78, 5) is 0. The maximum Gasteiger partial charge on any atom is 0.0858 e. The van der Waals surface area contributed by atoms with Crippen molar-refractivity contribution in [3.63, 3.8) is 0 Å². The number of aliphatic hydroxyl groups is 2. The number of rotatable bonds is 3. The highest BCUT2D eigenvalue weighted by Crippen LogP contribution is 2.09. The highest BCUT2D eigenvalue weighted by atomic mass is 16.3. The Morgan fingerprint density at radius 1 is 1.60 bits per heavy atom. The van der Waals surface area contributed by atoms with Crippen LogP contribution in [0.2, 0.25) is 0 Å². The number of aliphatic hydroxyl groups excluding tert-OH is 1.